The van der Waals surface area contributed by atoms with Crippen molar-refractivity contribution in [1.29, 1.82) is 0 Å². The number of nitrogens with zero attached hydrogens (tertiary/aromatic N) is 2. The molecule has 0 saturated heterocycles. The zero-order valence-corrected chi connectivity index (χ0v) is 14.4. The molecule has 0 atom stereocenters. The van der Waals surface area contributed by atoms with Crippen LogP contribution in [0.2, 0.25) is 5.02 Å². The van der Waals surface area contributed by atoms with Crippen LogP contribution in [-0.2, 0) is 13.2 Å². The maximum Gasteiger partial charge on any atom is 0.356 e. The van der Waals surface area contributed by atoms with Crippen molar-refractivity contribution < 1.29 is 14.6 Å². The van der Waals surface area contributed by atoms with Crippen molar-refractivity contribution in [3.8, 4) is 5.75 Å². The minimum absolute atomic E-state index is 0.0389. The second kappa shape index (κ2) is 7.40. The predicted molar refractivity (Wildman–Crippen MR) is 95.3 cm³/mol. The minimum Gasteiger partial charge on any atom is -0.489 e. The molecule has 5 nitrogen and oxygen atoms in total. The molecule has 0 aliphatic rings. The highest BCUT2D eigenvalue weighted by molar-refractivity contribution is 6.30. The maximum atomic E-state index is 11.1. The second-order valence-electron chi connectivity index (χ2n) is 5.66. The Labute approximate surface area is 150 Å². The second-order valence-corrected chi connectivity index (χ2v) is 6.09. The number of aromatic carboxylic acids is 1. The Morgan fingerprint density at radius 2 is 1.92 bits per heavy atom. The summed E-state index contributed by atoms with van der Waals surface area (Å²) in [5.41, 5.74) is 2.77. The summed E-state index contributed by atoms with van der Waals surface area (Å²) >= 11 is 5.89. The van der Waals surface area contributed by atoms with E-state index in [-0.39, 0.29) is 5.69 Å². The summed E-state index contributed by atoms with van der Waals surface area (Å²) in [4.78, 5) is 11.1. The number of aryl methyl sites for hydroxylation is 1. The van der Waals surface area contributed by atoms with Crippen LogP contribution in [0.3, 0.4) is 0 Å². The average molecular weight is 357 g/mol. The molecule has 0 saturated carbocycles. The standard InChI is InChI=1S/C19H17ClN2O3/c1-13-10-17(19(23)24)21-22(13)11-15-4-2-3-5-18(15)25-12-14-6-8-16(20)9-7-14/h2-10H,11-12H2,1H3,(H,23,24). The van der Waals surface area contributed by atoms with Crippen LogP contribution in [0.4, 0.5) is 0 Å². The number of hydrogen-bond donors (Lipinski definition) is 1. The van der Waals surface area contributed by atoms with Gasteiger partial charge in [0, 0.05) is 16.3 Å². The van der Waals surface area contributed by atoms with E-state index < -0.39 is 5.97 Å². The number of carboxylic acids is 1. The fourth-order valence-corrected chi connectivity index (χ4v) is 2.58. The van der Waals surface area contributed by atoms with Crippen LogP contribution < -0.4 is 4.74 Å². The maximum absolute atomic E-state index is 11.1. The summed E-state index contributed by atoms with van der Waals surface area (Å²) in [7, 11) is 0. The van der Waals surface area contributed by atoms with Crippen LogP contribution in [0.15, 0.2) is 54.6 Å². The molecule has 3 aromatic rings. The molecule has 6 heteroatoms. The first kappa shape index (κ1) is 17.0. The van der Waals surface area contributed by atoms with Crippen molar-refractivity contribution in [3.63, 3.8) is 0 Å². The van der Waals surface area contributed by atoms with Crippen molar-refractivity contribution in [1.82, 2.24) is 9.78 Å². The van der Waals surface area contributed by atoms with Gasteiger partial charge in [-0.2, -0.15) is 5.10 Å². The highest BCUT2D eigenvalue weighted by Gasteiger charge is 2.12. The molecule has 0 aliphatic carbocycles. The van der Waals surface area contributed by atoms with E-state index in [2.05, 4.69) is 5.10 Å². The number of halogens is 1. The van der Waals surface area contributed by atoms with Crippen LogP contribution in [0.5, 0.6) is 5.75 Å². The lowest BCUT2D eigenvalue weighted by molar-refractivity contribution is 0.0689. The van der Waals surface area contributed by atoms with Gasteiger partial charge in [0.05, 0.1) is 6.54 Å². The van der Waals surface area contributed by atoms with Crippen molar-refractivity contribution in [2.45, 2.75) is 20.1 Å². The number of carboxylic acid groups (broad SMARTS) is 1. The molecule has 3 rings (SSSR count). The summed E-state index contributed by atoms with van der Waals surface area (Å²) in [6.45, 7) is 2.69. The van der Waals surface area contributed by atoms with E-state index in [0.717, 1.165) is 22.6 Å². The van der Waals surface area contributed by atoms with Crippen LogP contribution >= 0.6 is 11.6 Å². The van der Waals surface area contributed by atoms with Crippen molar-refractivity contribution in [2.24, 2.45) is 0 Å². The number of ether oxygens (including phenoxy) is 1. The predicted octanol–water partition coefficient (Wildman–Crippen LogP) is 4.17. The Balaban J connectivity index is 1.76. The van der Waals surface area contributed by atoms with Crippen LogP contribution in [0, 0.1) is 6.92 Å². The topological polar surface area (TPSA) is 64.3 Å². The van der Waals surface area contributed by atoms with E-state index >= 15 is 0 Å². The zero-order chi connectivity index (χ0) is 17.8. The summed E-state index contributed by atoms with van der Waals surface area (Å²) in [5.74, 6) is -0.293. The smallest absolute Gasteiger partial charge is 0.356 e. The van der Waals surface area contributed by atoms with Crippen LogP contribution in [-0.4, -0.2) is 20.9 Å². The van der Waals surface area contributed by atoms with Gasteiger partial charge in [0.1, 0.15) is 12.4 Å². The molecule has 0 bridgehead atoms. The zero-order valence-electron chi connectivity index (χ0n) is 13.6. The quantitative estimate of drug-likeness (QED) is 0.720. The Hall–Kier alpha value is -2.79. The normalized spacial score (nSPS) is 10.6. The first-order chi connectivity index (χ1) is 12.0. The van der Waals surface area contributed by atoms with Crippen molar-refractivity contribution in [3.05, 3.63) is 82.1 Å². The number of benzene rings is 2. The highest BCUT2D eigenvalue weighted by atomic mass is 35.5. The molecule has 1 aromatic heterocycles. The SMILES string of the molecule is Cc1cc(C(=O)O)nn1Cc1ccccc1OCc1ccc(Cl)cc1. The lowest BCUT2D eigenvalue weighted by Gasteiger charge is -2.12. The molecule has 25 heavy (non-hydrogen) atoms. The summed E-state index contributed by atoms with van der Waals surface area (Å²) in [6.07, 6.45) is 0. The fraction of sp³-hybridized carbons (Fsp3) is 0.158. The molecule has 2 aromatic carbocycles. The number of para-hydroxylation sites is 1. The Morgan fingerprint density at radius 3 is 2.60 bits per heavy atom. The molecule has 1 heterocycles. The van der Waals surface area contributed by atoms with Crippen LogP contribution in [0.1, 0.15) is 27.3 Å². The van der Waals surface area contributed by atoms with Gasteiger partial charge < -0.3 is 9.84 Å². The number of aromatic nitrogens is 2. The molecule has 0 fully saturated rings. The largest absolute Gasteiger partial charge is 0.489 e. The van der Waals surface area contributed by atoms with Crippen molar-refractivity contribution in [2.75, 3.05) is 0 Å². The lowest BCUT2D eigenvalue weighted by atomic mass is 10.2. The van der Waals surface area contributed by atoms with E-state index in [9.17, 15) is 4.79 Å². The summed E-state index contributed by atoms with van der Waals surface area (Å²) in [5, 5.41) is 13.9. The number of hydrogen-bond acceptors (Lipinski definition) is 3. The Bertz CT molecular complexity index is 888. The van der Waals surface area contributed by atoms with Crippen molar-refractivity contribution >= 4 is 17.6 Å². The first-order valence-electron chi connectivity index (χ1n) is 7.76. The molecule has 128 valence electrons. The molecule has 0 aliphatic heterocycles. The molecule has 1 N–H and O–H groups in total. The van der Waals surface area contributed by atoms with Gasteiger partial charge in [-0.05, 0) is 36.8 Å². The Kier molecular flexibility index (Phi) is 5.05. The van der Waals surface area contributed by atoms with Gasteiger partial charge in [0.25, 0.3) is 0 Å². The molecular weight excluding hydrogens is 340 g/mol. The minimum atomic E-state index is -1.03. The molecule has 0 radical (unpaired) electrons. The highest BCUT2D eigenvalue weighted by Crippen LogP contribution is 2.21. The van der Waals surface area contributed by atoms with E-state index in [1.165, 1.54) is 0 Å². The monoisotopic (exact) mass is 356 g/mol. The fourth-order valence-electron chi connectivity index (χ4n) is 2.45. The summed E-state index contributed by atoms with van der Waals surface area (Å²) in [6, 6.07) is 16.7. The van der Waals surface area contributed by atoms with E-state index in [4.69, 9.17) is 21.4 Å². The third-order valence-corrected chi connectivity index (χ3v) is 4.05. The lowest BCUT2D eigenvalue weighted by Crippen LogP contribution is -2.07. The van der Waals surface area contributed by atoms with Gasteiger partial charge >= 0.3 is 5.97 Å². The third-order valence-electron chi connectivity index (χ3n) is 3.80. The number of carbonyl (C=O) groups is 1. The van der Waals surface area contributed by atoms with Gasteiger partial charge in [-0.1, -0.05) is 41.9 Å². The average Bonchev–Trinajstić information content (AvgIpc) is 2.97. The third kappa shape index (κ3) is 4.19. The van der Waals surface area contributed by atoms with E-state index in [1.807, 2.05) is 55.5 Å². The molecule has 0 spiro atoms. The molecule has 0 unspecified atom stereocenters. The van der Waals surface area contributed by atoms with Gasteiger partial charge in [-0.15, -0.1) is 0 Å². The van der Waals surface area contributed by atoms with E-state index in [0.29, 0.717) is 18.2 Å². The number of rotatable bonds is 6. The molecular formula is C19H17ClN2O3. The first-order valence-corrected chi connectivity index (χ1v) is 8.13. The van der Waals surface area contributed by atoms with Gasteiger partial charge in [-0.3, -0.25) is 4.68 Å². The summed E-state index contributed by atoms with van der Waals surface area (Å²) < 4.78 is 7.59. The molecule has 0 amide bonds. The Morgan fingerprint density at radius 1 is 1.20 bits per heavy atom. The van der Waals surface area contributed by atoms with Gasteiger partial charge in [0.2, 0.25) is 0 Å². The van der Waals surface area contributed by atoms with E-state index in [1.54, 1.807) is 10.7 Å². The van der Waals surface area contributed by atoms with Crippen LogP contribution in [0.25, 0.3) is 0 Å². The van der Waals surface area contributed by atoms with Gasteiger partial charge in [0.15, 0.2) is 5.69 Å². The van der Waals surface area contributed by atoms with Gasteiger partial charge in [-0.25, -0.2) is 4.79 Å².